The largest absolute Gasteiger partial charge is 0.469 e. The second-order valence-electron chi connectivity index (χ2n) is 5.82. The second kappa shape index (κ2) is 6.57. The fourth-order valence-electron chi connectivity index (χ4n) is 3.40. The predicted octanol–water partition coefficient (Wildman–Crippen LogP) is 1.79. The van der Waals surface area contributed by atoms with Gasteiger partial charge >= 0.3 is 5.97 Å². The third-order valence-corrected chi connectivity index (χ3v) is 4.78. The SMILES string of the molecule is CCO[C@@H]1C[C@H](NC(=O)CCCC(=O)OC)C12CCC2. The van der Waals surface area contributed by atoms with Crippen LogP contribution in [0.4, 0.5) is 0 Å². The number of esters is 1. The second-order valence-corrected chi connectivity index (χ2v) is 5.82. The van der Waals surface area contributed by atoms with Crippen LogP contribution in [0.15, 0.2) is 0 Å². The Labute approximate surface area is 120 Å². The first-order chi connectivity index (χ1) is 9.62. The molecule has 2 saturated carbocycles. The van der Waals surface area contributed by atoms with Gasteiger partial charge in [-0.3, -0.25) is 9.59 Å². The third kappa shape index (κ3) is 2.97. The molecule has 1 amide bonds. The fraction of sp³-hybridized carbons (Fsp3) is 0.867. The Bertz CT molecular complexity index is 365. The maximum absolute atomic E-state index is 11.9. The Morgan fingerprint density at radius 2 is 2.05 bits per heavy atom. The molecule has 0 unspecified atom stereocenters. The van der Waals surface area contributed by atoms with E-state index in [2.05, 4.69) is 10.1 Å². The number of rotatable bonds is 7. The molecule has 2 rings (SSSR count). The van der Waals surface area contributed by atoms with Crippen molar-refractivity contribution in [3.05, 3.63) is 0 Å². The van der Waals surface area contributed by atoms with E-state index in [1.807, 2.05) is 6.92 Å². The molecular formula is C15H25NO4. The van der Waals surface area contributed by atoms with Gasteiger partial charge in [-0.1, -0.05) is 6.42 Å². The van der Waals surface area contributed by atoms with Gasteiger partial charge in [-0.15, -0.1) is 0 Å². The lowest BCUT2D eigenvalue weighted by Crippen LogP contribution is -2.67. The fourth-order valence-corrected chi connectivity index (χ4v) is 3.40. The van der Waals surface area contributed by atoms with Crippen molar-refractivity contribution in [2.45, 2.75) is 64.0 Å². The highest BCUT2D eigenvalue weighted by molar-refractivity contribution is 5.77. The van der Waals surface area contributed by atoms with Crippen molar-refractivity contribution in [1.29, 1.82) is 0 Å². The van der Waals surface area contributed by atoms with Crippen molar-refractivity contribution in [3.8, 4) is 0 Å². The molecule has 5 heteroatoms. The average molecular weight is 283 g/mol. The van der Waals surface area contributed by atoms with Gasteiger partial charge in [-0.05, 0) is 32.6 Å². The summed E-state index contributed by atoms with van der Waals surface area (Å²) in [5, 5.41) is 3.12. The van der Waals surface area contributed by atoms with Gasteiger partial charge < -0.3 is 14.8 Å². The zero-order valence-corrected chi connectivity index (χ0v) is 12.4. The van der Waals surface area contributed by atoms with Gasteiger partial charge in [-0.2, -0.15) is 0 Å². The first-order valence-corrected chi connectivity index (χ1v) is 7.60. The molecule has 5 nitrogen and oxygen atoms in total. The van der Waals surface area contributed by atoms with Crippen LogP contribution in [0.5, 0.6) is 0 Å². The number of hydrogen-bond acceptors (Lipinski definition) is 4. The van der Waals surface area contributed by atoms with Gasteiger partial charge in [0.25, 0.3) is 0 Å². The molecule has 0 bridgehead atoms. The Morgan fingerprint density at radius 3 is 2.60 bits per heavy atom. The summed E-state index contributed by atoms with van der Waals surface area (Å²) in [7, 11) is 1.37. The van der Waals surface area contributed by atoms with Crippen LogP contribution < -0.4 is 5.32 Å². The Hall–Kier alpha value is -1.10. The number of nitrogens with one attached hydrogen (secondary N) is 1. The molecule has 2 atom stereocenters. The predicted molar refractivity (Wildman–Crippen MR) is 74.1 cm³/mol. The summed E-state index contributed by atoms with van der Waals surface area (Å²) in [6.45, 7) is 2.76. The van der Waals surface area contributed by atoms with Gasteiger partial charge in [0.05, 0.1) is 13.2 Å². The van der Waals surface area contributed by atoms with Crippen LogP contribution in [0.2, 0.25) is 0 Å². The van der Waals surface area contributed by atoms with Crippen LogP contribution in [-0.2, 0) is 19.1 Å². The Morgan fingerprint density at radius 1 is 1.30 bits per heavy atom. The molecule has 0 aromatic rings. The lowest BCUT2D eigenvalue weighted by Gasteiger charge is -2.61. The van der Waals surface area contributed by atoms with Crippen LogP contribution in [-0.4, -0.2) is 37.7 Å². The standard InChI is InChI=1S/C15H25NO4/c1-3-20-12-10-11(15(12)8-5-9-15)16-13(17)6-4-7-14(18)19-2/h11-12H,3-10H2,1-2H3,(H,16,17)/t11-,12+/m0/s1. The van der Waals surface area contributed by atoms with E-state index >= 15 is 0 Å². The third-order valence-electron chi connectivity index (χ3n) is 4.78. The summed E-state index contributed by atoms with van der Waals surface area (Å²) in [6.07, 6.45) is 6.04. The van der Waals surface area contributed by atoms with Crippen molar-refractivity contribution in [2.75, 3.05) is 13.7 Å². The molecule has 114 valence electrons. The topological polar surface area (TPSA) is 64.6 Å². The summed E-state index contributed by atoms with van der Waals surface area (Å²) >= 11 is 0. The van der Waals surface area contributed by atoms with Crippen LogP contribution >= 0.6 is 0 Å². The van der Waals surface area contributed by atoms with E-state index in [0.29, 0.717) is 25.4 Å². The van der Waals surface area contributed by atoms with Crippen molar-refractivity contribution in [2.24, 2.45) is 5.41 Å². The van der Waals surface area contributed by atoms with Gasteiger partial charge in [0, 0.05) is 30.9 Å². The Balaban J connectivity index is 1.71. The smallest absolute Gasteiger partial charge is 0.305 e. The number of carbonyl (C=O) groups is 2. The number of ether oxygens (including phenoxy) is 2. The number of methoxy groups -OCH3 is 1. The van der Waals surface area contributed by atoms with Crippen LogP contribution in [0.3, 0.4) is 0 Å². The zero-order chi connectivity index (χ0) is 14.6. The molecule has 2 aliphatic rings. The molecular weight excluding hydrogens is 258 g/mol. The molecule has 0 saturated heterocycles. The van der Waals surface area contributed by atoms with Crippen molar-refractivity contribution < 1.29 is 19.1 Å². The minimum atomic E-state index is -0.256. The highest BCUT2D eigenvalue weighted by atomic mass is 16.5. The van der Waals surface area contributed by atoms with E-state index in [9.17, 15) is 9.59 Å². The molecule has 1 spiro atoms. The molecule has 0 aromatic heterocycles. The number of hydrogen-bond donors (Lipinski definition) is 1. The van der Waals surface area contributed by atoms with E-state index < -0.39 is 0 Å². The summed E-state index contributed by atoms with van der Waals surface area (Å²) in [5.74, 6) is -0.214. The molecule has 0 radical (unpaired) electrons. The summed E-state index contributed by atoms with van der Waals surface area (Å²) in [4.78, 5) is 22.9. The van der Waals surface area contributed by atoms with Crippen LogP contribution in [0.1, 0.15) is 51.9 Å². The highest BCUT2D eigenvalue weighted by Gasteiger charge is 2.59. The maximum atomic E-state index is 11.9. The maximum Gasteiger partial charge on any atom is 0.305 e. The first kappa shape index (κ1) is 15.3. The average Bonchev–Trinajstić information content (AvgIpc) is 2.35. The lowest BCUT2D eigenvalue weighted by atomic mass is 9.51. The molecule has 0 aromatic carbocycles. The molecule has 0 heterocycles. The van der Waals surface area contributed by atoms with Crippen molar-refractivity contribution >= 4 is 11.9 Å². The normalized spacial score (nSPS) is 26.5. The highest BCUT2D eigenvalue weighted by Crippen LogP contribution is 2.57. The van der Waals surface area contributed by atoms with E-state index in [4.69, 9.17) is 4.74 Å². The molecule has 0 aliphatic heterocycles. The van der Waals surface area contributed by atoms with E-state index in [1.54, 1.807) is 0 Å². The summed E-state index contributed by atoms with van der Waals surface area (Å²) < 4.78 is 10.3. The van der Waals surface area contributed by atoms with E-state index in [-0.39, 0.29) is 23.3 Å². The molecule has 1 N–H and O–H groups in total. The molecule has 2 fully saturated rings. The molecule has 2 aliphatic carbocycles. The zero-order valence-electron chi connectivity index (χ0n) is 12.4. The van der Waals surface area contributed by atoms with Gasteiger partial charge in [0.15, 0.2) is 0 Å². The minimum Gasteiger partial charge on any atom is -0.469 e. The Kier molecular flexibility index (Phi) is 5.02. The number of carbonyl (C=O) groups excluding carboxylic acids is 2. The van der Waals surface area contributed by atoms with Gasteiger partial charge in [-0.25, -0.2) is 0 Å². The van der Waals surface area contributed by atoms with Gasteiger partial charge in [0.2, 0.25) is 5.91 Å². The summed E-state index contributed by atoms with van der Waals surface area (Å²) in [6, 6.07) is 0.262. The van der Waals surface area contributed by atoms with Crippen LogP contribution in [0.25, 0.3) is 0 Å². The minimum absolute atomic E-state index is 0.0418. The van der Waals surface area contributed by atoms with Crippen molar-refractivity contribution in [1.82, 2.24) is 5.32 Å². The van der Waals surface area contributed by atoms with Crippen molar-refractivity contribution in [3.63, 3.8) is 0 Å². The summed E-state index contributed by atoms with van der Waals surface area (Å²) in [5.41, 5.74) is 0.202. The quantitative estimate of drug-likeness (QED) is 0.724. The van der Waals surface area contributed by atoms with Gasteiger partial charge in [0.1, 0.15) is 0 Å². The lowest BCUT2D eigenvalue weighted by molar-refractivity contribution is -0.175. The van der Waals surface area contributed by atoms with Crippen LogP contribution in [0, 0.1) is 5.41 Å². The first-order valence-electron chi connectivity index (χ1n) is 7.60. The molecule has 20 heavy (non-hydrogen) atoms. The van der Waals surface area contributed by atoms with E-state index in [1.165, 1.54) is 13.5 Å². The monoisotopic (exact) mass is 283 g/mol. The van der Waals surface area contributed by atoms with E-state index in [0.717, 1.165) is 25.9 Å². The number of amides is 1.